The first-order chi connectivity index (χ1) is 15.3. The van der Waals surface area contributed by atoms with Gasteiger partial charge in [0.25, 0.3) is 16.3 Å². The van der Waals surface area contributed by atoms with Crippen molar-refractivity contribution in [2.45, 2.75) is 0 Å². The lowest BCUT2D eigenvalue weighted by atomic mass is 10.2. The van der Waals surface area contributed by atoms with Crippen molar-refractivity contribution in [3.05, 3.63) is 89.9 Å². The Morgan fingerprint density at radius 1 is 0.485 bits per heavy atom. The summed E-state index contributed by atoms with van der Waals surface area (Å²) in [5.41, 5.74) is -10.1. The van der Waals surface area contributed by atoms with Crippen LogP contribution in [-0.4, -0.2) is 34.5 Å². The van der Waals surface area contributed by atoms with Crippen molar-refractivity contribution in [1.82, 2.24) is 0 Å². The number of nitrogens with zero attached hydrogens (tertiary/aromatic N) is 7. The second kappa shape index (κ2) is 8.54. The van der Waals surface area contributed by atoms with E-state index >= 15 is 0 Å². The molecule has 21 nitrogen and oxygen atoms in total. The molecule has 0 saturated carbocycles. The van der Waals surface area contributed by atoms with Gasteiger partial charge in [-0.25, -0.2) is 0 Å². The van der Waals surface area contributed by atoms with E-state index in [9.17, 15) is 65.6 Å². The number of hydrogen-bond donors (Lipinski definition) is 0. The van der Waals surface area contributed by atoms with Gasteiger partial charge in [0.15, 0.2) is 0 Å². The van der Waals surface area contributed by atoms with E-state index in [1.165, 1.54) is 0 Å². The average molecular weight is 470 g/mol. The molecule has 21 heteroatoms. The molecule has 2 aromatic carbocycles. The van der Waals surface area contributed by atoms with Crippen molar-refractivity contribution >= 4 is 39.8 Å². The van der Waals surface area contributed by atoms with Gasteiger partial charge in [0.05, 0.1) is 46.6 Å². The molecule has 0 aliphatic rings. The zero-order chi connectivity index (χ0) is 25.2. The van der Waals surface area contributed by atoms with Crippen molar-refractivity contribution < 1.29 is 39.3 Å². The molecule has 0 atom stereocenters. The molecule has 0 bridgehead atoms. The minimum Gasteiger partial charge on any atom is -0.258 e. The molecule has 2 aromatic rings. The van der Waals surface area contributed by atoms with E-state index in [1.807, 2.05) is 0 Å². The van der Waals surface area contributed by atoms with Crippen molar-refractivity contribution in [1.29, 1.82) is 0 Å². The molecule has 0 aliphatic heterocycles. The summed E-state index contributed by atoms with van der Waals surface area (Å²) >= 11 is 0. The van der Waals surface area contributed by atoms with Crippen molar-refractivity contribution in [2.24, 2.45) is 0 Å². The summed E-state index contributed by atoms with van der Waals surface area (Å²) in [5, 5.41) is 66.7. The van der Waals surface area contributed by atoms with Crippen LogP contribution >= 0.6 is 0 Å². The summed E-state index contributed by atoms with van der Waals surface area (Å²) in [5.74, 6) is -1.56. The molecule has 0 heterocycles. The van der Waals surface area contributed by atoms with Crippen molar-refractivity contribution in [2.75, 3.05) is 0 Å². The molecule has 0 aliphatic carbocycles. The number of nitro groups is 6. The minimum atomic E-state index is -1.61. The Labute approximate surface area is 175 Å². The second-order valence-corrected chi connectivity index (χ2v) is 5.54. The standard InChI is InChI=1S/C12H4N7O14/c20-13(21)5-1-7(15(24)25)11(8(2-5)16(26)27)19(32)33-12-9(17(28)29)3-6(14(22)23)4-10(12)18(30)31/h1-4H/q+1. The fourth-order valence-electron chi connectivity index (χ4n) is 2.34. The maximum Gasteiger partial charge on any atom is 0.470 e. The molecule has 0 amide bonds. The van der Waals surface area contributed by atoms with Crippen LogP contribution in [0.1, 0.15) is 0 Å². The van der Waals surface area contributed by atoms with E-state index < -0.39 is 80.0 Å². The van der Waals surface area contributed by atoms with Crippen LogP contribution in [0.5, 0.6) is 5.75 Å². The van der Waals surface area contributed by atoms with E-state index in [-0.39, 0.29) is 24.3 Å². The van der Waals surface area contributed by atoms with Gasteiger partial charge in [-0.1, -0.05) is 0 Å². The molecule has 0 unspecified atom stereocenters. The predicted molar refractivity (Wildman–Crippen MR) is 96.7 cm³/mol. The van der Waals surface area contributed by atoms with Crippen LogP contribution in [0, 0.1) is 65.6 Å². The lowest BCUT2D eigenvalue weighted by molar-refractivity contribution is -0.703. The molecule has 170 valence electrons. The first-order valence-corrected chi connectivity index (χ1v) is 7.63. The smallest absolute Gasteiger partial charge is 0.258 e. The van der Waals surface area contributed by atoms with Gasteiger partial charge in [-0.2, -0.15) is 4.84 Å². The highest BCUT2D eigenvalue weighted by atomic mass is 16.8. The average Bonchev–Trinajstić information content (AvgIpc) is 2.71. The summed E-state index contributed by atoms with van der Waals surface area (Å²) in [6, 6.07) is 0.591. The normalized spacial score (nSPS) is 10.2. The molecule has 33 heavy (non-hydrogen) atoms. The van der Waals surface area contributed by atoms with E-state index in [2.05, 4.69) is 4.84 Å². The molecule has 0 radical (unpaired) electrons. The molecule has 0 saturated heterocycles. The summed E-state index contributed by atoms with van der Waals surface area (Å²) in [6.45, 7) is 0. The van der Waals surface area contributed by atoms with E-state index in [1.54, 1.807) is 0 Å². The first-order valence-electron chi connectivity index (χ1n) is 7.63. The first kappa shape index (κ1) is 23.5. The molecule has 0 spiro atoms. The largest absolute Gasteiger partial charge is 0.470 e. The monoisotopic (exact) mass is 470 g/mol. The Kier molecular flexibility index (Phi) is 6.09. The number of rotatable bonds is 9. The Morgan fingerprint density at radius 3 is 1.06 bits per heavy atom. The van der Waals surface area contributed by atoms with Gasteiger partial charge in [0, 0.05) is 0 Å². The van der Waals surface area contributed by atoms with Crippen LogP contribution in [0.4, 0.5) is 39.8 Å². The van der Waals surface area contributed by atoms with Gasteiger partial charge in [0.2, 0.25) is 0 Å². The maximum absolute atomic E-state index is 12.5. The Bertz CT molecular complexity index is 1220. The Hall–Kier alpha value is -5.76. The second-order valence-electron chi connectivity index (χ2n) is 5.54. The lowest BCUT2D eigenvalue weighted by Crippen LogP contribution is -2.13. The van der Waals surface area contributed by atoms with Crippen molar-refractivity contribution in [3.8, 4) is 5.75 Å². The molecular formula is C12H4N7O14+. The quantitative estimate of drug-likeness (QED) is 0.376. The van der Waals surface area contributed by atoms with Crippen LogP contribution in [-0.2, 0) is 0 Å². The third-order valence-corrected chi connectivity index (χ3v) is 3.65. The summed E-state index contributed by atoms with van der Waals surface area (Å²) in [7, 11) is 0. The van der Waals surface area contributed by atoms with E-state index in [4.69, 9.17) is 0 Å². The van der Waals surface area contributed by atoms with E-state index in [0.29, 0.717) is 0 Å². The lowest BCUT2D eigenvalue weighted by Gasteiger charge is -2.01. The van der Waals surface area contributed by atoms with Gasteiger partial charge >= 0.3 is 34.2 Å². The highest BCUT2D eigenvalue weighted by Crippen LogP contribution is 2.44. The molecule has 0 N–H and O–H groups in total. The maximum atomic E-state index is 12.5. The Balaban J connectivity index is 2.82. The predicted octanol–water partition coefficient (Wildman–Crippen LogP) is 2.54. The highest BCUT2D eigenvalue weighted by molar-refractivity contribution is 5.70. The number of hydrogen-bond acceptors (Lipinski definition) is 14. The van der Waals surface area contributed by atoms with Crippen LogP contribution in [0.3, 0.4) is 0 Å². The fraction of sp³-hybridized carbons (Fsp3) is 0. The zero-order valence-electron chi connectivity index (χ0n) is 15.2. The molecule has 0 fully saturated rings. The third-order valence-electron chi connectivity index (χ3n) is 3.65. The number of non-ortho nitro benzene ring substituents is 2. The fourth-order valence-corrected chi connectivity index (χ4v) is 2.34. The van der Waals surface area contributed by atoms with Gasteiger partial charge in [-0.15, -0.1) is 0 Å². The third kappa shape index (κ3) is 4.55. The van der Waals surface area contributed by atoms with Gasteiger partial charge in [-0.05, 0) is 0 Å². The molecule has 2 rings (SSSR count). The van der Waals surface area contributed by atoms with Crippen LogP contribution in [0.2, 0.25) is 0 Å². The molecular weight excluding hydrogens is 466 g/mol. The van der Waals surface area contributed by atoms with Gasteiger partial charge in [-0.3, -0.25) is 60.7 Å². The summed E-state index contributed by atoms with van der Waals surface area (Å²) in [6.07, 6.45) is 0. The molecule has 0 aromatic heterocycles. The van der Waals surface area contributed by atoms with Crippen LogP contribution in [0.15, 0.2) is 24.3 Å². The topological polar surface area (TPSA) is 288 Å². The highest BCUT2D eigenvalue weighted by Gasteiger charge is 2.47. The van der Waals surface area contributed by atoms with Gasteiger partial charge in [0.1, 0.15) is 12.1 Å². The van der Waals surface area contributed by atoms with Crippen LogP contribution < -0.4 is 4.84 Å². The number of benzene rings is 2. The minimum absolute atomic E-state index is 0.134. The van der Waals surface area contributed by atoms with Crippen LogP contribution in [0.25, 0.3) is 0 Å². The zero-order valence-corrected chi connectivity index (χ0v) is 15.2. The van der Waals surface area contributed by atoms with E-state index in [0.717, 1.165) is 0 Å². The SMILES string of the molecule is O=[N+]([O-])c1cc([N+](=O)[O-])c(O[N+](=O)c2c([N+](=O)[O-])cc([N+](=O)[O-])cc2[N+](=O)[O-])c([N+](=O)[O-])c1. The van der Waals surface area contributed by atoms with Gasteiger partial charge < -0.3 is 0 Å². The van der Waals surface area contributed by atoms with Crippen molar-refractivity contribution in [3.63, 3.8) is 0 Å². The number of nitro benzene ring substituents is 6. The summed E-state index contributed by atoms with van der Waals surface area (Å²) in [4.78, 5) is 74.2. The summed E-state index contributed by atoms with van der Waals surface area (Å²) < 4.78 is 0. The Morgan fingerprint density at radius 2 is 0.788 bits per heavy atom.